The van der Waals surface area contributed by atoms with Crippen molar-refractivity contribution in [2.45, 2.75) is 18.2 Å². The van der Waals surface area contributed by atoms with E-state index in [1.165, 1.54) is 25.2 Å². The van der Waals surface area contributed by atoms with E-state index in [9.17, 15) is 17.6 Å². The summed E-state index contributed by atoms with van der Waals surface area (Å²) in [7, 11) is -2.83. The van der Waals surface area contributed by atoms with Gasteiger partial charge in [-0.15, -0.1) is 0 Å². The Bertz CT molecular complexity index is 837. The molecule has 0 fully saturated rings. The Balaban J connectivity index is 2.13. The molecule has 0 atom stereocenters. The van der Waals surface area contributed by atoms with E-state index in [1.807, 2.05) is 19.1 Å². The molecule has 7 heteroatoms. The van der Waals surface area contributed by atoms with Crippen molar-refractivity contribution in [3.63, 3.8) is 0 Å². The lowest BCUT2D eigenvalue weighted by Crippen LogP contribution is -2.35. The first-order valence-corrected chi connectivity index (χ1v) is 8.89. The molecule has 0 heterocycles. The molecule has 1 amide bonds. The van der Waals surface area contributed by atoms with Gasteiger partial charge < -0.3 is 5.32 Å². The van der Waals surface area contributed by atoms with E-state index in [-0.39, 0.29) is 0 Å². The molecule has 0 aromatic heterocycles. The minimum Gasteiger partial charge on any atom is -0.325 e. The van der Waals surface area contributed by atoms with E-state index in [1.54, 1.807) is 12.1 Å². The number of nitrogens with one attached hydrogen (secondary N) is 1. The number of halogens is 1. The number of likely N-dealkylation sites (N-methyl/N-ethyl adjacent to an activating group) is 1. The second kappa shape index (κ2) is 7.55. The molecular formula is C17H19FN2O3S. The van der Waals surface area contributed by atoms with Gasteiger partial charge in [0.25, 0.3) is 0 Å². The highest BCUT2D eigenvalue weighted by atomic mass is 32.2. The van der Waals surface area contributed by atoms with E-state index in [0.29, 0.717) is 5.69 Å². The molecule has 0 aliphatic carbocycles. The monoisotopic (exact) mass is 350 g/mol. The summed E-state index contributed by atoms with van der Waals surface area (Å²) in [5, 5.41) is 2.69. The van der Waals surface area contributed by atoms with Crippen molar-refractivity contribution < 1.29 is 17.6 Å². The van der Waals surface area contributed by atoms with Gasteiger partial charge in [0.1, 0.15) is 10.7 Å². The molecule has 0 saturated carbocycles. The van der Waals surface area contributed by atoms with Gasteiger partial charge in [-0.05, 0) is 30.2 Å². The number of hydrogen-bond acceptors (Lipinski definition) is 3. The molecule has 2 rings (SSSR count). The van der Waals surface area contributed by atoms with Crippen LogP contribution in [0.2, 0.25) is 0 Å². The number of aryl methyl sites for hydroxylation is 1. The highest BCUT2D eigenvalue weighted by Crippen LogP contribution is 2.18. The van der Waals surface area contributed by atoms with Crippen LogP contribution in [0.5, 0.6) is 0 Å². The van der Waals surface area contributed by atoms with Crippen LogP contribution in [0.3, 0.4) is 0 Å². The zero-order chi connectivity index (χ0) is 17.7. The van der Waals surface area contributed by atoms with Crippen molar-refractivity contribution in [3.05, 3.63) is 59.9 Å². The molecule has 0 saturated heterocycles. The average molecular weight is 350 g/mol. The summed E-state index contributed by atoms with van der Waals surface area (Å²) < 4.78 is 39.3. The Morgan fingerprint density at radius 2 is 1.75 bits per heavy atom. The van der Waals surface area contributed by atoms with Gasteiger partial charge in [-0.2, -0.15) is 4.31 Å². The third kappa shape index (κ3) is 3.98. The summed E-state index contributed by atoms with van der Waals surface area (Å²) in [4.78, 5) is 11.7. The van der Waals surface area contributed by atoms with Gasteiger partial charge in [0.15, 0.2) is 0 Å². The van der Waals surface area contributed by atoms with Crippen LogP contribution in [0.25, 0.3) is 0 Å². The number of para-hydroxylation sites is 1. The third-order valence-electron chi connectivity index (χ3n) is 3.56. The first-order valence-electron chi connectivity index (χ1n) is 7.45. The highest BCUT2D eigenvalue weighted by molar-refractivity contribution is 7.89. The zero-order valence-electron chi connectivity index (χ0n) is 13.5. The fourth-order valence-electron chi connectivity index (χ4n) is 2.25. The molecule has 0 radical (unpaired) electrons. The van der Waals surface area contributed by atoms with Crippen molar-refractivity contribution in [1.82, 2.24) is 4.31 Å². The number of carbonyl (C=O) groups excluding carboxylic acids is 1. The summed E-state index contributed by atoms with van der Waals surface area (Å²) in [6, 6.07) is 12.4. The molecule has 5 nitrogen and oxygen atoms in total. The standard InChI is InChI=1S/C17H19FN2O3S/c1-3-13-8-4-6-10-15(13)19-17(21)12-20(2)24(22,23)16-11-7-5-9-14(16)18/h4-11H,3,12H2,1-2H3,(H,19,21). The third-order valence-corrected chi connectivity index (χ3v) is 5.40. The van der Waals surface area contributed by atoms with Gasteiger partial charge in [-0.1, -0.05) is 37.3 Å². The van der Waals surface area contributed by atoms with Gasteiger partial charge in [0.2, 0.25) is 15.9 Å². The fraction of sp³-hybridized carbons (Fsp3) is 0.235. The van der Waals surface area contributed by atoms with Crippen LogP contribution in [0, 0.1) is 5.82 Å². The SMILES string of the molecule is CCc1ccccc1NC(=O)CN(C)S(=O)(=O)c1ccccc1F. The summed E-state index contributed by atoms with van der Waals surface area (Å²) in [5.41, 5.74) is 1.59. The van der Waals surface area contributed by atoms with Crippen LogP contribution >= 0.6 is 0 Å². The van der Waals surface area contributed by atoms with E-state index < -0.39 is 33.2 Å². The van der Waals surface area contributed by atoms with Crippen molar-refractivity contribution in [1.29, 1.82) is 0 Å². The molecular weight excluding hydrogens is 331 g/mol. The Morgan fingerprint density at radius 3 is 2.42 bits per heavy atom. The van der Waals surface area contributed by atoms with Crippen LogP contribution in [0.15, 0.2) is 53.4 Å². The van der Waals surface area contributed by atoms with Gasteiger partial charge in [-0.25, -0.2) is 12.8 Å². The molecule has 0 aliphatic heterocycles. The van der Waals surface area contributed by atoms with Crippen molar-refractivity contribution >= 4 is 21.6 Å². The molecule has 0 aliphatic rings. The van der Waals surface area contributed by atoms with Crippen LogP contribution < -0.4 is 5.32 Å². The van der Waals surface area contributed by atoms with Crippen LogP contribution in [-0.4, -0.2) is 32.2 Å². The smallest absolute Gasteiger partial charge is 0.246 e. The van der Waals surface area contributed by atoms with Crippen LogP contribution in [0.1, 0.15) is 12.5 Å². The first-order chi connectivity index (χ1) is 11.4. The fourth-order valence-corrected chi connectivity index (χ4v) is 3.44. The number of rotatable bonds is 6. The number of sulfonamides is 1. The lowest BCUT2D eigenvalue weighted by atomic mass is 10.1. The second-order valence-electron chi connectivity index (χ2n) is 5.25. The maximum absolute atomic E-state index is 13.7. The number of nitrogens with zero attached hydrogens (tertiary/aromatic N) is 1. The van der Waals surface area contributed by atoms with E-state index >= 15 is 0 Å². The summed E-state index contributed by atoms with van der Waals surface area (Å²) >= 11 is 0. The zero-order valence-corrected chi connectivity index (χ0v) is 14.3. The lowest BCUT2D eigenvalue weighted by Gasteiger charge is -2.18. The molecule has 0 unspecified atom stereocenters. The molecule has 2 aromatic rings. The number of anilines is 1. The maximum atomic E-state index is 13.7. The Kier molecular flexibility index (Phi) is 5.69. The van der Waals surface area contributed by atoms with Crippen molar-refractivity contribution in [2.24, 2.45) is 0 Å². The van der Waals surface area contributed by atoms with Crippen molar-refractivity contribution in [2.75, 3.05) is 18.9 Å². The van der Waals surface area contributed by atoms with E-state index in [4.69, 9.17) is 0 Å². The summed E-state index contributed by atoms with van der Waals surface area (Å²) in [6.45, 7) is 1.55. The number of amides is 1. The predicted molar refractivity (Wildman–Crippen MR) is 90.7 cm³/mol. The Hall–Kier alpha value is -2.25. The molecule has 24 heavy (non-hydrogen) atoms. The largest absolute Gasteiger partial charge is 0.325 e. The Labute approximate surface area is 141 Å². The minimum atomic E-state index is -4.08. The predicted octanol–water partition coefficient (Wildman–Crippen LogP) is 2.65. The molecule has 1 N–H and O–H groups in total. The van der Waals surface area contributed by atoms with Gasteiger partial charge in [0.05, 0.1) is 6.54 Å². The second-order valence-corrected chi connectivity index (χ2v) is 7.26. The van der Waals surface area contributed by atoms with E-state index in [0.717, 1.165) is 22.4 Å². The minimum absolute atomic E-state index is 0.408. The summed E-state index contributed by atoms with van der Waals surface area (Å²) in [6.07, 6.45) is 0.736. The van der Waals surface area contributed by atoms with Gasteiger partial charge in [-0.3, -0.25) is 4.79 Å². The lowest BCUT2D eigenvalue weighted by molar-refractivity contribution is -0.116. The van der Waals surface area contributed by atoms with Gasteiger partial charge >= 0.3 is 0 Å². The molecule has 2 aromatic carbocycles. The molecule has 0 spiro atoms. The summed E-state index contributed by atoms with van der Waals surface area (Å²) in [5.74, 6) is -1.33. The highest BCUT2D eigenvalue weighted by Gasteiger charge is 2.25. The van der Waals surface area contributed by atoms with Crippen molar-refractivity contribution in [3.8, 4) is 0 Å². The number of benzene rings is 2. The Morgan fingerprint density at radius 1 is 1.12 bits per heavy atom. The van der Waals surface area contributed by atoms with E-state index in [2.05, 4.69) is 5.32 Å². The first kappa shape index (κ1) is 18.1. The van der Waals surface area contributed by atoms with Crippen LogP contribution in [-0.2, 0) is 21.2 Å². The van der Waals surface area contributed by atoms with Crippen LogP contribution in [0.4, 0.5) is 10.1 Å². The average Bonchev–Trinajstić information content (AvgIpc) is 2.55. The maximum Gasteiger partial charge on any atom is 0.246 e. The number of carbonyl (C=O) groups is 1. The molecule has 128 valence electrons. The van der Waals surface area contributed by atoms with Gasteiger partial charge in [0, 0.05) is 12.7 Å². The number of hydrogen-bond donors (Lipinski definition) is 1. The normalized spacial score (nSPS) is 11.5. The molecule has 0 bridgehead atoms. The quantitative estimate of drug-likeness (QED) is 0.871. The topological polar surface area (TPSA) is 66.5 Å².